The summed E-state index contributed by atoms with van der Waals surface area (Å²) in [4.78, 5) is 89.7. The highest BCUT2D eigenvalue weighted by Crippen LogP contribution is 2.10. The summed E-state index contributed by atoms with van der Waals surface area (Å²) in [6.07, 6.45) is 1.51. The zero-order valence-electron chi connectivity index (χ0n) is 25.2. The van der Waals surface area contributed by atoms with E-state index < -0.39 is 78.6 Å². The maximum absolute atomic E-state index is 13.6. The summed E-state index contributed by atoms with van der Waals surface area (Å²) >= 11 is 0. The number of carboxylic acid groups (broad SMARTS) is 2. The zero-order valence-corrected chi connectivity index (χ0v) is 25.2. The van der Waals surface area contributed by atoms with Crippen LogP contribution < -0.4 is 21.3 Å². The Bertz CT molecular complexity index is 1450. The van der Waals surface area contributed by atoms with E-state index in [-0.39, 0.29) is 25.7 Å². The van der Waals surface area contributed by atoms with Crippen molar-refractivity contribution in [2.45, 2.75) is 56.3 Å². The molecule has 2 aromatic rings. The number of carbonyl (C=O) groups is 7. The van der Waals surface area contributed by atoms with E-state index in [1.54, 1.807) is 66.7 Å². The van der Waals surface area contributed by atoms with Gasteiger partial charge in [-0.1, -0.05) is 72.8 Å². The lowest BCUT2D eigenvalue weighted by molar-refractivity contribution is -0.144. The Balaban J connectivity index is 1.96. The van der Waals surface area contributed by atoms with Crippen LogP contribution in [0.4, 0.5) is 0 Å². The average molecular weight is 636 g/mol. The molecule has 4 atom stereocenters. The van der Waals surface area contributed by atoms with Crippen LogP contribution >= 0.6 is 0 Å². The van der Waals surface area contributed by atoms with Gasteiger partial charge in [0.25, 0.3) is 0 Å². The molecule has 1 aliphatic rings. The number of amides is 5. The lowest BCUT2D eigenvalue weighted by atomic mass is 10.0. The van der Waals surface area contributed by atoms with E-state index in [2.05, 4.69) is 21.3 Å². The maximum atomic E-state index is 13.6. The number of nitrogens with zero attached hydrogens (tertiary/aromatic N) is 1. The van der Waals surface area contributed by atoms with Crippen molar-refractivity contribution in [1.29, 1.82) is 0 Å². The maximum Gasteiger partial charge on any atom is 0.326 e. The van der Waals surface area contributed by atoms with Crippen LogP contribution in [0.2, 0.25) is 0 Å². The summed E-state index contributed by atoms with van der Waals surface area (Å²) in [6, 6.07) is 12.4. The van der Waals surface area contributed by atoms with Gasteiger partial charge in [0.1, 0.15) is 18.1 Å². The smallest absolute Gasteiger partial charge is 0.326 e. The van der Waals surface area contributed by atoms with Crippen molar-refractivity contribution in [1.82, 2.24) is 26.2 Å². The first-order chi connectivity index (χ1) is 21.9. The number of hydrogen-bond acceptors (Lipinski definition) is 7. The Hall–Kier alpha value is -5.53. The van der Waals surface area contributed by atoms with Gasteiger partial charge in [-0.15, -0.1) is 0 Å². The molecule has 1 fully saturated rings. The molecule has 0 aliphatic carbocycles. The Morgan fingerprint density at radius 1 is 0.783 bits per heavy atom. The number of likely N-dealkylation sites (N-methyl/N-ethyl adjacent to an activating group) is 1. The standard InChI is InChI=1S/C32H37N5O9/c1-37-19-28(40)36-25(32(45)46)18-27(39)35-24(16-21-10-6-3-7-11-21)30(42)33-22(13-12-20-8-4-2-5-9-20)17-26(38)34-23(31(43)44)14-15-29(37)41/h2-13,22-25H,14-19H2,1H3,(H,33,42)(H,34,38)(H,35,39)(H,36,40)(H,43,44)(H,45,46)/b13-12+/t22-,23+,24-,25+/m0/s1. The molecule has 46 heavy (non-hydrogen) atoms. The van der Waals surface area contributed by atoms with Gasteiger partial charge in [-0.3, -0.25) is 24.0 Å². The second-order valence-corrected chi connectivity index (χ2v) is 10.8. The van der Waals surface area contributed by atoms with Gasteiger partial charge >= 0.3 is 11.9 Å². The molecule has 6 N–H and O–H groups in total. The molecule has 3 rings (SSSR count). The number of rotatable bonds is 6. The van der Waals surface area contributed by atoms with Crippen molar-refractivity contribution in [3.63, 3.8) is 0 Å². The average Bonchev–Trinajstić information content (AvgIpc) is 3.01. The van der Waals surface area contributed by atoms with Crippen molar-refractivity contribution in [2.24, 2.45) is 0 Å². The molecular weight excluding hydrogens is 598 g/mol. The third-order valence-electron chi connectivity index (χ3n) is 7.10. The normalized spacial score (nSPS) is 22.8. The van der Waals surface area contributed by atoms with Gasteiger partial charge in [-0.05, 0) is 17.5 Å². The van der Waals surface area contributed by atoms with Crippen molar-refractivity contribution in [2.75, 3.05) is 13.6 Å². The summed E-state index contributed by atoms with van der Waals surface area (Å²) in [5.41, 5.74) is 1.44. The predicted octanol–water partition coefficient (Wildman–Crippen LogP) is 0.0833. The molecule has 0 saturated carbocycles. The van der Waals surface area contributed by atoms with E-state index in [1.165, 1.54) is 7.05 Å². The molecule has 0 aromatic heterocycles. The molecule has 1 heterocycles. The van der Waals surface area contributed by atoms with Crippen molar-refractivity contribution in [3.05, 3.63) is 77.9 Å². The largest absolute Gasteiger partial charge is 0.480 e. The molecular formula is C32H37N5O9. The molecule has 1 aliphatic heterocycles. The van der Waals surface area contributed by atoms with Crippen LogP contribution in [-0.4, -0.2) is 94.3 Å². The highest BCUT2D eigenvalue weighted by molar-refractivity contribution is 5.93. The van der Waals surface area contributed by atoms with Crippen molar-refractivity contribution in [3.8, 4) is 0 Å². The van der Waals surface area contributed by atoms with E-state index in [0.29, 0.717) is 5.56 Å². The fourth-order valence-corrected chi connectivity index (χ4v) is 4.65. The SMILES string of the molecule is CN1CC(=O)N[C@@H](C(=O)O)CC(=O)N[C@@H](Cc2ccccc2)C(=O)N[C@@H](/C=C/c2ccccc2)CC(=O)N[C@@H](C(=O)O)CCC1=O. The minimum atomic E-state index is -1.67. The fourth-order valence-electron chi connectivity index (χ4n) is 4.65. The summed E-state index contributed by atoms with van der Waals surface area (Å²) in [6.45, 7) is -0.567. The third-order valence-corrected chi connectivity index (χ3v) is 7.10. The Kier molecular flexibility index (Phi) is 13.0. The molecule has 244 valence electrons. The van der Waals surface area contributed by atoms with Crippen LogP contribution in [0.15, 0.2) is 66.7 Å². The van der Waals surface area contributed by atoms with Crippen molar-refractivity contribution < 1.29 is 43.8 Å². The molecule has 0 spiro atoms. The van der Waals surface area contributed by atoms with Gasteiger partial charge < -0.3 is 36.4 Å². The second-order valence-electron chi connectivity index (χ2n) is 10.8. The molecule has 14 nitrogen and oxygen atoms in total. The van der Waals surface area contributed by atoms with Crippen molar-refractivity contribution >= 4 is 47.6 Å². The summed E-state index contributed by atoms with van der Waals surface area (Å²) in [5.74, 6) is -6.65. The Labute approximate surface area is 265 Å². The number of carboxylic acids is 2. The minimum Gasteiger partial charge on any atom is -0.480 e. The first-order valence-corrected chi connectivity index (χ1v) is 14.6. The van der Waals surface area contributed by atoms with E-state index in [4.69, 9.17) is 0 Å². The van der Waals surface area contributed by atoms with Gasteiger partial charge in [-0.2, -0.15) is 0 Å². The first kappa shape index (κ1) is 35.0. The van der Waals surface area contributed by atoms with Gasteiger partial charge in [0.15, 0.2) is 0 Å². The topological polar surface area (TPSA) is 211 Å². The molecule has 5 amide bonds. The van der Waals surface area contributed by atoms with E-state index in [9.17, 15) is 43.8 Å². The van der Waals surface area contributed by atoms with E-state index in [0.717, 1.165) is 10.5 Å². The first-order valence-electron chi connectivity index (χ1n) is 14.6. The zero-order chi connectivity index (χ0) is 33.6. The summed E-state index contributed by atoms with van der Waals surface area (Å²) in [7, 11) is 1.27. The van der Waals surface area contributed by atoms with Crippen LogP contribution in [0.5, 0.6) is 0 Å². The van der Waals surface area contributed by atoms with Gasteiger partial charge in [-0.25, -0.2) is 9.59 Å². The highest BCUT2D eigenvalue weighted by atomic mass is 16.4. The molecule has 2 aromatic carbocycles. The minimum absolute atomic E-state index is 0.0117. The number of nitrogens with one attached hydrogen (secondary N) is 4. The lowest BCUT2D eigenvalue weighted by Crippen LogP contribution is -2.53. The molecule has 0 radical (unpaired) electrons. The Morgan fingerprint density at radius 3 is 2.00 bits per heavy atom. The van der Waals surface area contributed by atoms with Crippen LogP contribution in [-0.2, 0) is 40.0 Å². The predicted molar refractivity (Wildman–Crippen MR) is 165 cm³/mol. The molecule has 0 bridgehead atoms. The van der Waals surface area contributed by atoms with Crippen LogP contribution in [0.25, 0.3) is 6.08 Å². The van der Waals surface area contributed by atoms with Crippen LogP contribution in [0.1, 0.15) is 36.8 Å². The highest BCUT2D eigenvalue weighted by Gasteiger charge is 2.30. The van der Waals surface area contributed by atoms with Gasteiger partial charge in [0.05, 0.1) is 25.4 Å². The second kappa shape index (κ2) is 17.1. The molecule has 0 unspecified atom stereocenters. The summed E-state index contributed by atoms with van der Waals surface area (Å²) in [5, 5.41) is 29.2. The van der Waals surface area contributed by atoms with Crippen LogP contribution in [0, 0.1) is 0 Å². The number of benzene rings is 2. The number of carbonyl (C=O) groups excluding carboxylic acids is 5. The third kappa shape index (κ3) is 11.5. The van der Waals surface area contributed by atoms with Gasteiger partial charge in [0.2, 0.25) is 29.5 Å². The molecule has 1 saturated heterocycles. The number of hydrogen-bond donors (Lipinski definition) is 6. The fraction of sp³-hybridized carbons (Fsp3) is 0.344. The monoisotopic (exact) mass is 635 g/mol. The number of aliphatic carboxylic acids is 2. The van der Waals surface area contributed by atoms with E-state index in [1.807, 2.05) is 6.07 Å². The summed E-state index contributed by atoms with van der Waals surface area (Å²) < 4.78 is 0. The molecule has 14 heteroatoms. The Morgan fingerprint density at radius 2 is 1.37 bits per heavy atom. The lowest BCUT2D eigenvalue weighted by Gasteiger charge is -2.23. The van der Waals surface area contributed by atoms with E-state index >= 15 is 0 Å². The van der Waals surface area contributed by atoms with Crippen LogP contribution in [0.3, 0.4) is 0 Å². The quantitative estimate of drug-likeness (QED) is 0.253. The van der Waals surface area contributed by atoms with Gasteiger partial charge in [0, 0.05) is 19.9 Å².